The van der Waals surface area contributed by atoms with Crippen LogP contribution in [0, 0.1) is 17.3 Å². The molecule has 1 saturated heterocycles. The average Bonchev–Trinajstić information content (AvgIpc) is 3.17. The smallest absolute Gasteiger partial charge is 0.308 e. The topological polar surface area (TPSA) is 74.3 Å². The van der Waals surface area contributed by atoms with E-state index >= 15 is 0 Å². The fourth-order valence-corrected chi connectivity index (χ4v) is 7.71. The molecule has 0 aliphatic carbocycles. The number of unbranched alkanes of at least 4 members (excludes halogenated alkanes) is 20. The maximum Gasteiger partial charge on any atom is 0.308 e. The van der Waals surface area contributed by atoms with E-state index < -0.39 is 5.41 Å². The van der Waals surface area contributed by atoms with Gasteiger partial charge in [0.2, 0.25) is 0 Å². The molecule has 54 heavy (non-hydrogen) atoms. The Kier molecular flexibility index (Phi) is 33.0. The molecule has 1 aliphatic rings. The summed E-state index contributed by atoms with van der Waals surface area (Å²) in [5, 5.41) is 0. The molecule has 1 atom stereocenters. The summed E-state index contributed by atoms with van der Waals surface area (Å²) in [6.45, 7) is 11.0. The van der Waals surface area contributed by atoms with E-state index in [0.29, 0.717) is 13.2 Å². The van der Waals surface area contributed by atoms with Gasteiger partial charge in [0, 0.05) is 0 Å². The summed E-state index contributed by atoms with van der Waals surface area (Å²) in [7, 11) is 4.16. The molecular weight excluding hydrogens is 675 g/mol. The van der Waals surface area contributed by atoms with Gasteiger partial charge >= 0.3 is 11.9 Å². The highest BCUT2D eigenvalue weighted by Gasteiger charge is 2.41. The van der Waals surface area contributed by atoms with Crippen molar-refractivity contribution in [1.82, 2.24) is 4.90 Å². The van der Waals surface area contributed by atoms with Crippen molar-refractivity contribution < 1.29 is 28.5 Å². The van der Waals surface area contributed by atoms with Crippen molar-refractivity contribution in [3.63, 3.8) is 0 Å². The van der Waals surface area contributed by atoms with Crippen molar-refractivity contribution in [3.05, 3.63) is 0 Å². The molecule has 0 aromatic heterocycles. The number of hydrogen-bond donors (Lipinski definition) is 0. The van der Waals surface area contributed by atoms with Crippen LogP contribution >= 0.6 is 0 Å². The van der Waals surface area contributed by atoms with Gasteiger partial charge in [0.05, 0.1) is 30.5 Å². The average molecular weight is 766 g/mol. The van der Waals surface area contributed by atoms with Gasteiger partial charge < -0.3 is 23.8 Å². The molecule has 0 radical (unpaired) electrons. The van der Waals surface area contributed by atoms with Crippen LogP contribution in [0.2, 0.25) is 0 Å². The van der Waals surface area contributed by atoms with Crippen LogP contribution < -0.4 is 0 Å². The fraction of sp³-hybridized carbons (Fsp3) is 0.957. The highest BCUT2D eigenvalue weighted by atomic mass is 16.7. The first-order valence-electron chi connectivity index (χ1n) is 23.5. The van der Waals surface area contributed by atoms with Gasteiger partial charge in [0.25, 0.3) is 0 Å². The van der Waals surface area contributed by atoms with Crippen molar-refractivity contribution in [2.75, 3.05) is 47.1 Å². The third-order valence-corrected chi connectivity index (χ3v) is 11.5. The highest BCUT2D eigenvalue weighted by Crippen LogP contribution is 2.30. The minimum absolute atomic E-state index is 0.0785. The van der Waals surface area contributed by atoms with E-state index in [9.17, 15) is 9.59 Å². The molecule has 1 unspecified atom stereocenters. The van der Waals surface area contributed by atoms with E-state index in [1.54, 1.807) is 0 Å². The first-order valence-corrected chi connectivity index (χ1v) is 23.5. The molecule has 0 saturated carbocycles. The lowest BCUT2D eigenvalue weighted by Gasteiger charge is -2.39. The van der Waals surface area contributed by atoms with Gasteiger partial charge in [0.1, 0.15) is 13.2 Å². The van der Waals surface area contributed by atoms with Gasteiger partial charge in [-0.05, 0) is 59.2 Å². The second-order valence-corrected chi connectivity index (χ2v) is 17.3. The molecule has 0 amide bonds. The number of esters is 2. The quantitative estimate of drug-likeness (QED) is 0.0458. The summed E-state index contributed by atoms with van der Waals surface area (Å²) >= 11 is 0. The second-order valence-electron chi connectivity index (χ2n) is 17.3. The molecule has 1 fully saturated rings. The third-order valence-electron chi connectivity index (χ3n) is 11.5. The molecule has 7 heteroatoms. The Bertz CT molecular complexity index is 839. The standard InChI is InChI=1S/C47H91NO6/c1-7-11-15-19-22-25-29-34-43(35-30-26-23-20-16-12-8-2)46(50)54-41-47(38-51-44(52-39-47)36-31-37-48(5)6)40-53-45(49)42(32-27-18-14-10-4)33-28-24-21-17-13-9-3/h42-44H,7-41H2,1-6H3. The summed E-state index contributed by atoms with van der Waals surface area (Å²) in [6.07, 6.45) is 34.3. The van der Waals surface area contributed by atoms with E-state index in [2.05, 4.69) is 46.7 Å². The minimum atomic E-state index is -0.695. The molecule has 1 aliphatic heterocycles. The van der Waals surface area contributed by atoms with E-state index in [0.717, 1.165) is 77.2 Å². The second kappa shape index (κ2) is 35.0. The van der Waals surface area contributed by atoms with Crippen LogP contribution in [0.3, 0.4) is 0 Å². The molecule has 0 aromatic rings. The Balaban J connectivity index is 2.94. The summed E-state index contributed by atoms with van der Waals surface area (Å²) in [6, 6.07) is 0. The zero-order valence-corrected chi connectivity index (χ0v) is 36.9. The van der Waals surface area contributed by atoms with Crippen LogP contribution in [0.4, 0.5) is 0 Å². The SMILES string of the molecule is CCCCCCCCCC(CCCCCCCCC)C(=O)OCC1(COC(=O)C(CCCCCC)CCCCCCCC)COC(CCCN(C)C)OC1. The van der Waals surface area contributed by atoms with Crippen LogP contribution in [-0.4, -0.2) is 70.2 Å². The highest BCUT2D eigenvalue weighted by molar-refractivity contribution is 5.73. The van der Waals surface area contributed by atoms with E-state index in [1.165, 1.54) is 122 Å². The predicted molar refractivity (Wildman–Crippen MR) is 227 cm³/mol. The first-order chi connectivity index (χ1) is 26.3. The lowest BCUT2D eigenvalue weighted by atomic mass is 9.90. The molecule has 0 N–H and O–H groups in total. The third kappa shape index (κ3) is 26.6. The van der Waals surface area contributed by atoms with Gasteiger partial charge in [0.15, 0.2) is 6.29 Å². The molecule has 0 bridgehead atoms. The fourth-order valence-electron chi connectivity index (χ4n) is 7.71. The number of hydrogen-bond acceptors (Lipinski definition) is 7. The van der Waals surface area contributed by atoms with Crippen LogP contribution in [-0.2, 0) is 28.5 Å². The summed E-state index contributed by atoms with van der Waals surface area (Å²) in [4.78, 5) is 29.7. The first kappa shape index (κ1) is 50.8. The molecule has 0 aromatic carbocycles. The zero-order chi connectivity index (χ0) is 39.5. The van der Waals surface area contributed by atoms with Gasteiger partial charge in [-0.15, -0.1) is 0 Å². The number of nitrogens with zero attached hydrogens (tertiary/aromatic N) is 1. The van der Waals surface area contributed by atoms with Crippen molar-refractivity contribution in [2.24, 2.45) is 17.3 Å². The Morgan fingerprint density at radius 1 is 0.519 bits per heavy atom. The molecular formula is C47H91NO6. The number of carbonyl (C=O) groups is 2. The van der Waals surface area contributed by atoms with Crippen molar-refractivity contribution >= 4 is 11.9 Å². The predicted octanol–water partition coefficient (Wildman–Crippen LogP) is 13.0. The number of rotatable bonds is 38. The maximum atomic E-state index is 13.8. The largest absolute Gasteiger partial charge is 0.465 e. The van der Waals surface area contributed by atoms with E-state index in [1.807, 2.05) is 0 Å². The van der Waals surface area contributed by atoms with Crippen molar-refractivity contribution in [1.29, 1.82) is 0 Å². The van der Waals surface area contributed by atoms with Gasteiger partial charge in [-0.2, -0.15) is 0 Å². The van der Waals surface area contributed by atoms with Crippen LogP contribution in [0.1, 0.15) is 220 Å². The minimum Gasteiger partial charge on any atom is -0.465 e. The lowest BCUT2D eigenvalue weighted by molar-refractivity contribution is -0.250. The van der Waals surface area contributed by atoms with Gasteiger partial charge in [-0.1, -0.05) is 182 Å². The van der Waals surface area contributed by atoms with E-state index in [-0.39, 0.29) is 43.3 Å². The molecule has 7 nitrogen and oxygen atoms in total. The Morgan fingerprint density at radius 3 is 1.17 bits per heavy atom. The maximum absolute atomic E-state index is 13.8. The van der Waals surface area contributed by atoms with Crippen molar-refractivity contribution in [2.45, 2.75) is 227 Å². The van der Waals surface area contributed by atoms with Gasteiger partial charge in [-0.3, -0.25) is 9.59 Å². The normalized spacial score (nSPS) is 18.0. The van der Waals surface area contributed by atoms with Crippen LogP contribution in [0.15, 0.2) is 0 Å². The number of ether oxygens (including phenoxy) is 4. The summed E-state index contributed by atoms with van der Waals surface area (Å²) in [5.74, 6) is -0.354. The summed E-state index contributed by atoms with van der Waals surface area (Å²) < 4.78 is 25.0. The Hall–Kier alpha value is -1.18. The Morgan fingerprint density at radius 2 is 0.833 bits per heavy atom. The van der Waals surface area contributed by atoms with Crippen molar-refractivity contribution in [3.8, 4) is 0 Å². The zero-order valence-electron chi connectivity index (χ0n) is 36.9. The van der Waals surface area contributed by atoms with E-state index in [4.69, 9.17) is 18.9 Å². The Labute approximate surface area is 335 Å². The molecule has 1 heterocycles. The summed E-state index contributed by atoms with van der Waals surface area (Å²) in [5.41, 5.74) is -0.695. The van der Waals surface area contributed by atoms with Crippen LogP contribution in [0.25, 0.3) is 0 Å². The molecule has 0 spiro atoms. The number of carbonyl (C=O) groups excluding carboxylic acids is 2. The lowest BCUT2D eigenvalue weighted by Crippen LogP contribution is -2.49. The molecule has 1 rings (SSSR count). The van der Waals surface area contributed by atoms with Crippen LogP contribution in [0.5, 0.6) is 0 Å². The monoisotopic (exact) mass is 766 g/mol. The molecule has 320 valence electrons. The van der Waals surface area contributed by atoms with Gasteiger partial charge in [-0.25, -0.2) is 0 Å².